The Morgan fingerprint density at radius 2 is 1.36 bits per heavy atom. The van der Waals surface area contributed by atoms with Crippen LogP contribution in [0.15, 0.2) is 24.7 Å². The minimum absolute atomic E-state index is 0.288. The molecule has 0 bridgehead atoms. The van der Waals surface area contributed by atoms with Crippen LogP contribution in [0.3, 0.4) is 0 Å². The van der Waals surface area contributed by atoms with Crippen molar-refractivity contribution in [3.63, 3.8) is 0 Å². The zero-order chi connectivity index (χ0) is 10.3. The van der Waals surface area contributed by atoms with E-state index in [9.17, 15) is 0 Å². The topological polar surface area (TPSA) is 40.5 Å². The highest BCUT2D eigenvalue weighted by Gasteiger charge is 2.29. The second-order valence-electron chi connectivity index (χ2n) is 4.24. The molecule has 14 heavy (non-hydrogen) atoms. The molecule has 1 rings (SSSR count). The van der Waals surface area contributed by atoms with Crippen LogP contribution in [-0.4, -0.2) is 10.2 Å². The van der Waals surface area contributed by atoms with Gasteiger partial charge in [-0.15, -0.1) is 0 Å². The fourth-order valence-electron chi connectivity index (χ4n) is 2.40. The van der Waals surface area contributed by atoms with E-state index in [-0.39, 0.29) is 5.41 Å². The number of rotatable bonds is 4. The molecule has 0 heterocycles. The molecule has 1 aliphatic rings. The summed E-state index contributed by atoms with van der Waals surface area (Å²) >= 11 is 0. The molecule has 2 heteroatoms. The standard InChI is InChI=1S/C12H20O2/c13-10-4-8-12(9-5-11-14)6-2-1-3-7-12/h4-5,10-11,13-14H,1-3,6-9H2. The Hall–Kier alpha value is -0.920. The van der Waals surface area contributed by atoms with Gasteiger partial charge in [-0.2, -0.15) is 0 Å². The molecule has 1 fully saturated rings. The maximum absolute atomic E-state index is 8.69. The van der Waals surface area contributed by atoms with E-state index >= 15 is 0 Å². The van der Waals surface area contributed by atoms with E-state index in [2.05, 4.69) is 0 Å². The lowest BCUT2D eigenvalue weighted by Crippen LogP contribution is -2.22. The van der Waals surface area contributed by atoms with Gasteiger partial charge in [-0.05, 0) is 43.3 Å². The summed E-state index contributed by atoms with van der Waals surface area (Å²) in [7, 11) is 0. The molecule has 80 valence electrons. The molecule has 0 saturated heterocycles. The van der Waals surface area contributed by atoms with Crippen molar-refractivity contribution >= 4 is 0 Å². The molecular weight excluding hydrogens is 176 g/mol. The first-order valence-corrected chi connectivity index (χ1v) is 5.41. The van der Waals surface area contributed by atoms with Gasteiger partial charge in [0.25, 0.3) is 0 Å². The van der Waals surface area contributed by atoms with Crippen molar-refractivity contribution in [1.82, 2.24) is 0 Å². The van der Waals surface area contributed by atoms with Crippen molar-refractivity contribution in [2.45, 2.75) is 44.9 Å². The lowest BCUT2D eigenvalue weighted by molar-refractivity contribution is 0.192. The molecule has 0 aromatic carbocycles. The van der Waals surface area contributed by atoms with Crippen LogP contribution in [0.5, 0.6) is 0 Å². The molecule has 2 N–H and O–H groups in total. The van der Waals surface area contributed by atoms with Gasteiger partial charge in [0.05, 0.1) is 12.5 Å². The van der Waals surface area contributed by atoms with Crippen LogP contribution < -0.4 is 0 Å². The summed E-state index contributed by atoms with van der Waals surface area (Å²) in [5.41, 5.74) is 0.288. The summed E-state index contributed by atoms with van der Waals surface area (Å²) in [6.45, 7) is 0. The smallest absolute Gasteiger partial charge is 0.0751 e. The van der Waals surface area contributed by atoms with Gasteiger partial charge in [-0.3, -0.25) is 0 Å². The van der Waals surface area contributed by atoms with E-state index in [1.54, 1.807) is 0 Å². The molecule has 1 saturated carbocycles. The van der Waals surface area contributed by atoms with Gasteiger partial charge < -0.3 is 10.2 Å². The molecule has 0 amide bonds. The van der Waals surface area contributed by atoms with Gasteiger partial charge >= 0.3 is 0 Å². The average molecular weight is 196 g/mol. The maximum Gasteiger partial charge on any atom is 0.0751 e. The second-order valence-corrected chi connectivity index (χ2v) is 4.24. The quantitative estimate of drug-likeness (QED) is 0.670. The van der Waals surface area contributed by atoms with Crippen molar-refractivity contribution < 1.29 is 10.2 Å². The summed E-state index contributed by atoms with van der Waals surface area (Å²) in [6.07, 6.45) is 14.1. The molecule has 1 aliphatic carbocycles. The predicted octanol–water partition coefficient (Wildman–Crippen LogP) is 3.86. The highest BCUT2D eigenvalue weighted by molar-refractivity contribution is 4.94. The van der Waals surface area contributed by atoms with Gasteiger partial charge in [0, 0.05) is 0 Å². The monoisotopic (exact) mass is 196 g/mol. The van der Waals surface area contributed by atoms with Crippen molar-refractivity contribution in [1.29, 1.82) is 0 Å². The van der Waals surface area contributed by atoms with Gasteiger partial charge in [-0.1, -0.05) is 19.3 Å². The first-order valence-electron chi connectivity index (χ1n) is 5.41. The highest BCUT2D eigenvalue weighted by Crippen LogP contribution is 2.42. The SMILES string of the molecule is OC=CCC1(CC=CO)CCCCC1. The van der Waals surface area contributed by atoms with Gasteiger partial charge in [-0.25, -0.2) is 0 Å². The van der Waals surface area contributed by atoms with Crippen LogP contribution in [0.1, 0.15) is 44.9 Å². The zero-order valence-corrected chi connectivity index (χ0v) is 8.65. The first-order chi connectivity index (χ1) is 6.83. The Kier molecular flexibility index (Phi) is 4.57. The van der Waals surface area contributed by atoms with E-state index < -0.39 is 0 Å². The van der Waals surface area contributed by atoms with Crippen LogP contribution in [0.25, 0.3) is 0 Å². The molecule has 0 aromatic rings. The van der Waals surface area contributed by atoms with E-state index in [0.717, 1.165) is 25.4 Å². The van der Waals surface area contributed by atoms with E-state index in [1.165, 1.54) is 32.1 Å². The average Bonchev–Trinajstić information content (AvgIpc) is 2.25. The minimum Gasteiger partial charge on any atom is -0.516 e. The fourth-order valence-corrected chi connectivity index (χ4v) is 2.40. The van der Waals surface area contributed by atoms with E-state index in [4.69, 9.17) is 10.2 Å². The third-order valence-electron chi connectivity index (χ3n) is 3.23. The second kappa shape index (κ2) is 5.74. The number of hydrogen-bond acceptors (Lipinski definition) is 2. The summed E-state index contributed by atoms with van der Waals surface area (Å²) < 4.78 is 0. The third-order valence-corrected chi connectivity index (χ3v) is 3.23. The van der Waals surface area contributed by atoms with Crippen molar-refractivity contribution in [3.05, 3.63) is 24.7 Å². The normalized spacial score (nSPS) is 22.0. The highest BCUT2D eigenvalue weighted by atomic mass is 16.2. The summed E-state index contributed by atoms with van der Waals surface area (Å²) in [5.74, 6) is 0. The van der Waals surface area contributed by atoms with Gasteiger partial charge in [0.2, 0.25) is 0 Å². The first kappa shape index (κ1) is 11.2. The Bertz CT molecular complexity index is 184. The molecule has 0 aliphatic heterocycles. The van der Waals surface area contributed by atoms with Gasteiger partial charge in [0.1, 0.15) is 0 Å². The number of hydrogen-bond donors (Lipinski definition) is 2. The van der Waals surface area contributed by atoms with E-state index in [1.807, 2.05) is 12.2 Å². The van der Waals surface area contributed by atoms with Crippen molar-refractivity contribution in [3.8, 4) is 0 Å². The lowest BCUT2D eigenvalue weighted by Gasteiger charge is -2.35. The van der Waals surface area contributed by atoms with Gasteiger partial charge in [0.15, 0.2) is 0 Å². The molecule has 0 radical (unpaired) electrons. The summed E-state index contributed by atoms with van der Waals surface area (Å²) in [5, 5.41) is 17.4. The summed E-state index contributed by atoms with van der Waals surface area (Å²) in [6, 6.07) is 0. The molecule has 0 aromatic heterocycles. The zero-order valence-electron chi connectivity index (χ0n) is 8.65. The molecule has 0 spiro atoms. The Morgan fingerprint density at radius 3 is 1.79 bits per heavy atom. The van der Waals surface area contributed by atoms with E-state index in [0.29, 0.717) is 0 Å². The third kappa shape index (κ3) is 3.09. The van der Waals surface area contributed by atoms with Crippen LogP contribution >= 0.6 is 0 Å². The number of allylic oxidation sites excluding steroid dienone is 2. The molecule has 0 unspecified atom stereocenters. The lowest BCUT2D eigenvalue weighted by atomic mass is 9.70. The Morgan fingerprint density at radius 1 is 0.857 bits per heavy atom. The van der Waals surface area contributed by atoms with Crippen LogP contribution in [-0.2, 0) is 0 Å². The van der Waals surface area contributed by atoms with Crippen LogP contribution in [0, 0.1) is 5.41 Å². The minimum atomic E-state index is 0.288. The molecule has 0 atom stereocenters. The van der Waals surface area contributed by atoms with Crippen LogP contribution in [0.2, 0.25) is 0 Å². The number of aliphatic hydroxyl groups is 2. The Balaban J connectivity index is 2.56. The summed E-state index contributed by atoms with van der Waals surface area (Å²) in [4.78, 5) is 0. The van der Waals surface area contributed by atoms with Crippen molar-refractivity contribution in [2.75, 3.05) is 0 Å². The molecule has 2 nitrogen and oxygen atoms in total. The maximum atomic E-state index is 8.69. The fraction of sp³-hybridized carbons (Fsp3) is 0.667. The predicted molar refractivity (Wildman–Crippen MR) is 58.3 cm³/mol. The van der Waals surface area contributed by atoms with Crippen molar-refractivity contribution in [2.24, 2.45) is 5.41 Å². The molecular formula is C12H20O2. The van der Waals surface area contributed by atoms with Crippen LogP contribution in [0.4, 0.5) is 0 Å². The Labute approximate surface area is 86.0 Å². The largest absolute Gasteiger partial charge is 0.516 e. The number of aliphatic hydroxyl groups excluding tert-OH is 2.